The van der Waals surface area contributed by atoms with Gasteiger partial charge in [0.05, 0.1) is 5.69 Å². The van der Waals surface area contributed by atoms with E-state index in [1.165, 1.54) is 5.56 Å². The number of rotatable bonds is 6. The summed E-state index contributed by atoms with van der Waals surface area (Å²) in [5.41, 5.74) is 5.56. The molecule has 2 aromatic carbocycles. The topological polar surface area (TPSA) is 58.4 Å². The highest BCUT2D eigenvalue weighted by molar-refractivity contribution is 5.78. The van der Waals surface area contributed by atoms with Crippen molar-refractivity contribution >= 4 is 5.91 Å². The molecule has 1 amide bonds. The zero-order valence-corrected chi connectivity index (χ0v) is 18.6. The Morgan fingerprint density at radius 1 is 1.06 bits per heavy atom. The molecule has 3 aromatic rings. The molecule has 0 bridgehead atoms. The average molecular weight is 418 g/mol. The number of likely N-dealkylation sites (tertiary alicyclic amines) is 1. The molecule has 0 spiro atoms. The lowest BCUT2D eigenvalue weighted by molar-refractivity contribution is -0.126. The van der Waals surface area contributed by atoms with E-state index < -0.39 is 0 Å². The van der Waals surface area contributed by atoms with Gasteiger partial charge < -0.3 is 9.73 Å². The lowest BCUT2D eigenvalue weighted by Crippen LogP contribution is -2.40. The zero-order chi connectivity index (χ0) is 21.8. The van der Waals surface area contributed by atoms with Crippen molar-refractivity contribution in [2.24, 2.45) is 5.92 Å². The molecule has 1 aliphatic rings. The van der Waals surface area contributed by atoms with Crippen molar-refractivity contribution in [1.29, 1.82) is 0 Å². The van der Waals surface area contributed by atoms with Crippen molar-refractivity contribution < 1.29 is 9.21 Å². The third-order valence-electron chi connectivity index (χ3n) is 6.19. The Balaban J connectivity index is 1.29. The Bertz CT molecular complexity index is 1030. The minimum Gasteiger partial charge on any atom is -0.441 e. The van der Waals surface area contributed by atoms with Crippen molar-refractivity contribution in [3.05, 3.63) is 76.7 Å². The maximum Gasteiger partial charge on any atom is 0.226 e. The van der Waals surface area contributed by atoms with Gasteiger partial charge in [-0.2, -0.15) is 0 Å². The molecule has 0 atom stereocenters. The van der Waals surface area contributed by atoms with Crippen LogP contribution in [-0.2, 0) is 17.9 Å². The zero-order valence-electron chi connectivity index (χ0n) is 18.6. The number of amides is 1. The molecule has 5 heteroatoms. The second kappa shape index (κ2) is 9.48. The summed E-state index contributed by atoms with van der Waals surface area (Å²) in [6, 6.07) is 16.5. The molecule has 1 aromatic heterocycles. The molecule has 4 rings (SSSR count). The maximum absolute atomic E-state index is 12.6. The Labute approximate surface area is 184 Å². The van der Waals surface area contributed by atoms with E-state index in [-0.39, 0.29) is 11.8 Å². The van der Waals surface area contributed by atoms with Gasteiger partial charge in [0.25, 0.3) is 0 Å². The summed E-state index contributed by atoms with van der Waals surface area (Å²) < 4.78 is 5.96. The van der Waals surface area contributed by atoms with Gasteiger partial charge in [-0.1, -0.05) is 48.0 Å². The molecule has 0 aliphatic carbocycles. The third kappa shape index (κ3) is 5.23. The lowest BCUT2D eigenvalue weighted by Gasteiger charge is -2.30. The molecule has 0 saturated carbocycles. The summed E-state index contributed by atoms with van der Waals surface area (Å²) in [4.78, 5) is 19.7. The molecule has 31 heavy (non-hydrogen) atoms. The van der Waals surface area contributed by atoms with E-state index in [0.717, 1.165) is 60.6 Å². The van der Waals surface area contributed by atoms with Gasteiger partial charge in [0.15, 0.2) is 0 Å². The monoisotopic (exact) mass is 417 g/mol. The molecule has 2 heterocycles. The van der Waals surface area contributed by atoms with Crippen LogP contribution in [0.4, 0.5) is 0 Å². The van der Waals surface area contributed by atoms with Crippen LogP contribution in [-0.4, -0.2) is 28.9 Å². The minimum atomic E-state index is 0.0858. The summed E-state index contributed by atoms with van der Waals surface area (Å²) in [6.45, 7) is 9.28. The van der Waals surface area contributed by atoms with Crippen LogP contribution in [0.15, 0.2) is 52.9 Å². The molecule has 5 nitrogen and oxygen atoms in total. The van der Waals surface area contributed by atoms with Gasteiger partial charge in [0, 0.05) is 24.6 Å². The first kappa shape index (κ1) is 21.3. The Hall–Kier alpha value is -2.92. The average Bonchev–Trinajstić information content (AvgIpc) is 3.14. The maximum atomic E-state index is 12.6. The van der Waals surface area contributed by atoms with Crippen molar-refractivity contribution in [2.75, 3.05) is 13.1 Å². The molecule has 1 fully saturated rings. The first-order valence-corrected chi connectivity index (χ1v) is 11.1. The summed E-state index contributed by atoms with van der Waals surface area (Å²) in [5, 5.41) is 3.10. The Morgan fingerprint density at radius 3 is 2.48 bits per heavy atom. The van der Waals surface area contributed by atoms with Crippen LogP contribution < -0.4 is 5.32 Å². The van der Waals surface area contributed by atoms with E-state index >= 15 is 0 Å². The highest BCUT2D eigenvalue weighted by Crippen LogP contribution is 2.26. The highest BCUT2D eigenvalue weighted by atomic mass is 16.4. The van der Waals surface area contributed by atoms with Crippen LogP contribution in [0.3, 0.4) is 0 Å². The molecular formula is C26H31N3O2. The predicted octanol–water partition coefficient (Wildman–Crippen LogP) is 4.80. The predicted molar refractivity (Wildman–Crippen MR) is 122 cm³/mol. The van der Waals surface area contributed by atoms with Crippen LogP contribution in [0.2, 0.25) is 0 Å². The van der Waals surface area contributed by atoms with E-state index in [4.69, 9.17) is 9.40 Å². The first-order valence-electron chi connectivity index (χ1n) is 11.1. The smallest absolute Gasteiger partial charge is 0.226 e. The van der Waals surface area contributed by atoms with Gasteiger partial charge in [-0.25, -0.2) is 4.98 Å². The summed E-state index contributed by atoms with van der Waals surface area (Å²) in [7, 11) is 0. The van der Waals surface area contributed by atoms with E-state index in [0.29, 0.717) is 12.4 Å². The van der Waals surface area contributed by atoms with Crippen molar-refractivity contribution in [2.45, 2.75) is 46.7 Å². The first-order chi connectivity index (χ1) is 15.0. The number of nitrogens with zero attached hydrogens (tertiary/aromatic N) is 2. The number of aromatic nitrogens is 1. The fraction of sp³-hybridized carbons (Fsp3) is 0.385. The van der Waals surface area contributed by atoms with Gasteiger partial charge in [-0.15, -0.1) is 0 Å². The van der Waals surface area contributed by atoms with Crippen LogP contribution in [0.25, 0.3) is 11.5 Å². The van der Waals surface area contributed by atoms with E-state index in [1.807, 2.05) is 25.1 Å². The number of aryl methyl sites for hydroxylation is 3. The summed E-state index contributed by atoms with van der Waals surface area (Å²) in [6.07, 6.45) is 1.75. The van der Waals surface area contributed by atoms with E-state index in [1.54, 1.807) is 0 Å². The SMILES string of the molecule is Cc1ccc(CNC(=O)C2CCN(Cc3nc(-c4ccccc4C)oc3C)CC2)cc1. The van der Waals surface area contributed by atoms with Crippen LogP contribution in [0, 0.1) is 26.7 Å². The Kier molecular flexibility index (Phi) is 6.52. The fourth-order valence-corrected chi connectivity index (χ4v) is 4.11. The molecule has 162 valence electrons. The molecular weight excluding hydrogens is 386 g/mol. The quantitative estimate of drug-likeness (QED) is 0.626. The van der Waals surface area contributed by atoms with Gasteiger partial charge in [0.2, 0.25) is 11.8 Å². The Morgan fingerprint density at radius 2 is 1.77 bits per heavy atom. The second-order valence-corrected chi connectivity index (χ2v) is 8.59. The molecule has 1 N–H and O–H groups in total. The summed E-state index contributed by atoms with van der Waals surface area (Å²) in [5.74, 6) is 1.81. The number of piperidine rings is 1. The number of nitrogens with one attached hydrogen (secondary N) is 1. The molecule has 0 unspecified atom stereocenters. The van der Waals surface area contributed by atoms with E-state index in [9.17, 15) is 4.79 Å². The fourth-order valence-electron chi connectivity index (χ4n) is 4.11. The van der Waals surface area contributed by atoms with Gasteiger partial charge in [0.1, 0.15) is 5.76 Å². The molecule has 0 radical (unpaired) electrons. The third-order valence-corrected chi connectivity index (χ3v) is 6.19. The molecule has 1 aliphatic heterocycles. The van der Waals surface area contributed by atoms with Crippen LogP contribution in [0.1, 0.15) is 41.0 Å². The number of oxazole rings is 1. The van der Waals surface area contributed by atoms with Crippen molar-refractivity contribution in [3.63, 3.8) is 0 Å². The number of carbonyl (C=O) groups is 1. The van der Waals surface area contributed by atoms with Gasteiger partial charge in [-0.05, 0) is 63.9 Å². The number of hydrogen-bond acceptors (Lipinski definition) is 4. The summed E-state index contributed by atoms with van der Waals surface area (Å²) >= 11 is 0. The normalized spacial score (nSPS) is 15.2. The number of carbonyl (C=O) groups excluding carboxylic acids is 1. The largest absolute Gasteiger partial charge is 0.441 e. The van der Waals surface area contributed by atoms with Crippen LogP contribution in [0.5, 0.6) is 0 Å². The van der Waals surface area contributed by atoms with Crippen LogP contribution >= 0.6 is 0 Å². The molecule has 1 saturated heterocycles. The van der Waals surface area contributed by atoms with E-state index in [2.05, 4.69) is 54.4 Å². The minimum absolute atomic E-state index is 0.0858. The van der Waals surface area contributed by atoms with Gasteiger partial charge in [-0.3, -0.25) is 9.69 Å². The lowest BCUT2D eigenvalue weighted by atomic mass is 9.95. The van der Waals surface area contributed by atoms with Gasteiger partial charge >= 0.3 is 0 Å². The highest BCUT2D eigenvalue weighted by Gasteiger charge is 2.26. The standard InChI is InChI=1S/C26H31N3O2/c1-18-8-10-21(11-9-18)16-27-25(30)22-12-14-29(15-13-22)17-24-20(3)31-26(28-24)23-7-5-4-6-19(23)2/h4-11,22H,12-17H2,1-3H3,(H,27,30). The number of hydrogen-bond donors (Lipinski definition) is 1. The van der Waals surface area contributed by atoms with Crippen molar-refractivity contribution in [1.82, 2.24) is 15.2 Å². The second-order valence-electron chi connectivity index (χ2n) is 8.59. The number of benzene rings is 2. The van der Waals surface area contributed by atoms with Crippen molar-refractivity contribution in [3.8, 4) is 11.5 Å².